The van der Waals surface area contributed by atoms with Crippen LogP contribution in [0.4, 0.5) is 0 Å². The first-order chi connectivity index (χ1) is 9.41. The lowest BCUT2D eigenvalue weighted by Crippen LogP contribution is -2.35. The second-order valence-corrected chi connectivity index (χ2v) is 7.24. The van der Waals surface area contributed by atoms with Gasteiger partial charge in [-0.3, -0.25) is 0 Å². The maximum absolute atomic E-state index is 5.80. The lowest BCUT2D eigenvalue weighted by Gasteiger charge is -2.20. The lowest BCUT2D eigenvalue weighted by atomic mass is 10.1. The first-order valence-corrected chi connectivity index (χ1v) is 8.58. The molecular formula is C16H30N2OS. The second-order valence-electron chi connectivity index (χ2n) is 6.13. The Balaban J connectivity index is 2.88. The summed E-state index contributed by atoms with van der Waals surface area (Å²) in [6, 6.07) is 0. The third-order valence-corrected chi connectivity index (χ3v) is 4.26. The predicted molar refractivity (Wildman–Crippen MR) is 87.4 cm³/mol. The van der Waals surface area contributed by atoms with Gasteiger partial charge in [-0.25, -0.2) is 4.98 Å². The highest BCUT2D eigenvalue weighted by Crippen LogP contribution is 2.29. The van der Waals surface area contributed by atoms with Gasteiger partial charge in [-0.2, -0.15) is 0 Å². The number of nitrogens with one attached hydrogen (secondary N) is 1. The van der Waals surface area contributed by atoms with E-state index in [0.717, 1.165) is 37.4 Å². The van der Waals surface area contributed by atoms with Gasteiger partial charge in [0.05, 0.1) is 5.69 Å². The van der Waals surface area contributed by atoms with Crippen molar-refractivity contribution in [2.24, 2.45) is 0 Å². The monoisotopic (exact) mass is 298 g/mol. The van der Waals surface area contributed by atoms with Crippen LogP contribution in [0.25, 0.3) is 0 Å². The summed E-state index contributed by atoms with van der Waals surface area (Å²) in [6.45, 7) is 14.7. The van der Waals surface area contributed by atoms with Crippen LogP contribution in [0.5, 0.6) is 0 Å². The molecule has 1 aromatic heterocycles. The first-order valence-electron chi connectivity index (χ1n) is 7.76. The normalized spacial score (nSPS) is 13.7. The molecule has 1 heterocycles. The zero-order valence-corrected chi connectivity index (χ0v) is 14.7. The summed E-state index contributed by atoms with van der Waals surface area (Å²) in [7, 11) is 0. The Morgan fingerprint density at radius 2 is 1.95 bits per heavy atom. The number of hydrogen-bond acceptors (Lipinski definition) is 4. The number of hydrogen-bond donors (Lipinski definition) is 1. The van der Waals surface area contributed by atoms with Gasteiger partial charge in [-0.05, 0) is 40.5 Å². The molecule has 0 aliphatic heterocycles. The first kappa shape index (κ1) is 17.6. The Morgan fingerprint density at radius 3 is 2.45 bits per heavy atom. The van der Waals surface area contributed by atoms with Gasteiger partial charge in [0.2, 0.25) is 0 Å². The van der Waals surface area contributed by atoms with Crippen molar-refractivity contribution in [1.29, 1.82) is 0 Å². The second kappa shape index (κ2) is 8.11. The molecule has 1 N–H and O–H groups in total. The van der Waals surface area contributed by atoms with Gasteiger partial charge in [0.15, 0.2) is 0 Å². The summed E-state index contributed by atoms with van der Waals surface area (Å²) in [5.41, 5.74) is 1.39. The molecule has 1 rings (SSSR count). The van der Waals surface area contributed by atoms with E-state index in [-0.39, 0.29) is 11.6 Å². The molecule has 0 aliphatic rings. The average Bonchev–Trinajstić information content (AvgIpc) is 2.76. The number of nitrogens with zero attached hydrogens (tertiary/aromatic N) is 1. The highest BCUT2D eigenvalue weighted by Gasteiger charge is 2.19. The topological polar surface area (TPSA) is 34.1 Å². The maximum Gasteiger partial charge on any atom is 0.122 e. The van der Waals surface area contributed by atoms with E-state index in [2.05, 4.69) is 39.9 Å². The van der Waals surface area contributed by atoms with Crippen molar-refractivity contribution in [3.05, 3.63) is 15.6 Å². The van der Waals surface area contributed by atoms with Gasteiger partial charge < -0.3 is 10.1 Å². The minimum atomic E-state index is 0.137. The van der Waals surface area contributed by atoms with Crippen molar-refractivity contribution in [3.8, 4) is 0 Å². The SMILES string of the molecule is CCCc1nc(C(CC)OCC)sc1CNC(C)(C)C. The lowest BCUT2D eigenvalue weighted by molar-refractivity contribution is 0.0595. The molecule has 0 amide bonds. The zero-order chi connectivity index (χ0) is 15.2. The van der Waals surface area contributed by atoms with E-state index in [1.165, 1.54) is 10.6 Å². The Kier molecular flexibility index (Phi) is 7.13. The summed E-state index contributed by atoms with van der Waals surface area (Å²) < 4.78 is 5.80. The molecule has 20 heavy (non-hydrogen) atoms. The van der Waals surface area contributed by atoms with E-state index < -0.39 is 0 Å². The number of ether oxygens (including phenoxy) is 1. The molecule has 0 aliphatic carbocycles. The highest BCUT2D eigenvalue weighted by molar-refractivity contribution is 7.11. The molecule has 0 spiro atoms. The van der Waals surface area contributed by atoms with Crippen LogP contribution in [0, 0.1) is 0 Å². The maximum atomic E-state index is 5.80. The summed E-state index contributed by atoms with van der Waals surface area (Å²) in [5, 5.41) is 4.71. The fraction of sp³-hybridized carbons (Fsp3) is 0.812. The van der Waals surface area contributed by atoms with Crippen LogP contribution in [0.2, 0.25) is 0 Å². The van der Waals surface area contributed by atoms with E-state index in [9.17, 15) is 0 Å². The van der Waals surface area contributed by atoms with Crippen LogP contribution in [-0.2, 0) is 17.7 Å². The summed E-state index contributed by atoms with van der Waals surface area (Å²) in [6.07, 6.45) is 3.33. The van der Waals surface area contributed by atoms with Crippen molar-refractivity contribution >= 4 is 11.3 Å². The van der Waals surface area contributed by atoms with E-state index in [0.29, 0.717) is 0 Å². The fourth-order valence-electron chi connectivity index (χ4n) is 2.02. The van der Waals surface area contributed by atoms with Crippen molar-refractivity contribution in [2.75, 3.05) is 6.61 Å². The molecule has 0 radical (unpaired) electrons. The van der Waals surface area contributed by atoms with Gasteiger partial charge in [0.25, 0.3) is 0 Å². The van der Waals surface area contributed by atoms with Gasteiger partial charge in [-0.1, -0.05) is 20.3 Å². The summed E-state index contributed by atoms with van der Waals surface area (Å²) >= 11 is 1.81. The van der Waals surface area contributed by atoms with Gasteiger partial charge in [-0.15, -0.1) is 11.3 Å². The molecule has 0 saturated heterocycles. The molecule has 1 atom stereocenters. The van der Waals surface area contributed by atoms with Gasteiger partial charge in [0.1, 0.15) is 11.1 Å². The molecule has 0 fully saturated rings. The molecule has 116 valence electrons. The van der Waals surface area contributed by atoms with Crippen LogP contribution in [0.15, 0.2) is 0 Å². The van der Waals surface area contributed by atoms with Crippen LogP contribution in [-0.4, -0.2) is 17.1 Å². The van der Waals surface area contributed by atoms with E-state index in [1.54, 1.807) is 0 Å². The predicted octanol–water partition coefficient (Wildman–Crippen LogP) is 4.47. The number of thiazole rings is 1. The van der Waals surface area contributed by atoms with Crippen LogP contribution in [0.1, 0.15) is 76.1 Å². The molecule has 0 saturated carbocycles. The minimum Gasteiger partial charge on any atom is -0.371 e. The molecule has 4 heteroatoms. The van der Waals surface area contributed by atoms with Crippen LogP contribution < -0.4 is 5.32 Å². The summed E-state index contributed by atoms with van der Waals surface area (Å²) in [5.74, 6) is 0. The molecule has 0 bridgehead atoms. The van der Waals surface area contributed by atoms with Crippen LogP contribution >= 0.6 is 11.3 Å². The van der Waals surface area contributed by atoms with E-state index in [4.69, 9.17) is 9.72 Å². The molecule has 0 aromatic carbocycles. The minimum absolute atomic E-state index is 0.137. The third kappa shape index (κ3) is 5.51. The number of rotatable bonds is 8. The molecular weight excluding hydrogens is 268 g/mol. The van der Waals surface area contributed by atoms with Gasteiger partial charge >= 0.3 is 0 Å². The quantitative estimate of drug-likeness (QED) is 0.769. The fourth-order valence-corrected chi connectivity index (χ4v) is 3.21. The van der Waals surface area contributed by atoms with Gasteiger partial charge in [0, 0.05) is 23.6 Å². The van der Waals surface area contributed by atoms with Crippen LogP contribution in [0.3, 0.4) is 0 Å². The van der Waals surface area contributed by atoms with E-state index >= 15 is 0 Å². The summed E-state index contributed by atoms with van der Waals surface area (Å²) in [4.78, 5) is 6.21. The van der Waals surface area contributed by atoms with Crippen molar-refractivity contribution < 1.29 is 4.74 Å². The Morgan fingerprint density at radius 1 is 1.25 bits per heavy atom. The van der Waals surface area contributed by atoms with Crippen molar-refractivity contribution in [3.63, 3.8) is 0 Å². The largest absolute Gasteiger partial charge is 0.371 e. The third-order valence-electron chi connectivity index (χ3n) is 3.07. The van der Waals surface area contributed by atoms with E-state index in [1.807, 2.05) is 18.3 Å². The zero-order valence-electron chi connectivity index (χ0n) is 13.9. The van der Waals surface area contributed by atoms with Crippen molar-refractivity contribution in [2.45, 2.75) is 79.0 Å². The Bertz CT molecular complexity index is 396. The molecule has 1 aromatic rings. The molecule has 3 nitrogen and oxygen atoms in total. The smallest absolute Gasteiger partial charge is 0.122 e. The molecule has 1 unspecified atom stereocenters. The number of aryl methyl sites for hydroxylation is 1. The average molecular weight is 298 g/mol. The highest BCUT2D eigenvalue weighted by atomic mass is 32.1. The standard InChI is InChI=1S/C16H30N2OS/c1-7-10-12-14(11-17-16(4,5)6)20-15(18-12)13(8-2)19-9-3/h13,17H,7-11H2,1-6H3. The Labute approximate surface area is 128 Å². The Hall–Kier alpha value is -0.450. The number of aromatic nitrogens is 1. The van der Waals surface area contributed by atoms with Crippen molar-refractivity contribution in [1.82, 2.24) is 10.3 Å².